The van der Waals surface area contributed by atoms with E-state index < -0.39 is 5.56 Å². The molecular weight excluding hydrogens is 330 g/mol. The van der Waals surface area contributed by atoms with Crippen molar-refractivity contribution in [2.75, 3.05) is 6.61 Å². The zero-order valence-corrected chi connectivity index (χ0v) is 14.4. The SMILES string of the molecule is C#CCO/N=C(\c1c(O)c(C)nn(C)c1=O)c1cccc2ccccc12. The Balaban J connectivity index is 2.35. The highest BCUT2D eigenvalue weighted by molar-refractivity contribution is 6.20. The maximum atomic E-state index is 12.7. The summed E-state index contributed by atoms with van der Waals surface area (Å²) >= 11 is 0. The van der Waals surface area contributed by atoms with Gasteiger partial charge in [0.15, 0.2) is 12.4 Å². The molecule has 26 heavy (non-hydrogen) atoms. The summed E-state index contributed by atoms with van der Waals surface area (Å²) in [5.41, 5.74) is 0.711. The number of rotatable bonds is 4. The Morgan fingerprint density at radius 2 is 2.04 bits per heavy atom. The van der Waals surface area contributed by atoms with Gasteiger partial charge in [-0.3, -0.25) is 4.79 Å². The summed E-state index contributed by atoms with van der Waals surface area (Å²) in [6, 6.07) is 13.3. The number of aromatic hydroxyl groups is 1. The first-order chi connectivity index (χ1) is 12.5. The lowest BCUT2D eigenvalue weighted by Crippen LogP contribution is -2.28. The van der Waals surface area contributed by atoms with Crippen molar-refractivity contribution in [3.8, 4) is 18.1 Å². The molecule has 0 aliphatic carbocycles. The molecule has 0 amide bonds. The van der Waals surface area contributed by atoms with Gasteiger partial charge in [0.1, 0.15) is 17.0 Å². The molecule has 0 aliphatic rings. The molecule has 6 nitrogen and oxygen atoms in total. The van der Waals surface area contributed by atoms with Gasteiger partial charge in [0.25, 0.3) is 5.56 Å². The molecule has 0 saturated heterocycles. The molecule has 130 valence electrons. The van der Waals surface area contributed by atoms with Gasteiger partial charge >= 0.3 is 0 Å². The summed E-state index contributed by atoms with van der Waals surface area (Å²) < 4.78 is 1.16. The van der Waals surface area contributed by atoms with E-state index in [1.807, 2.05) is 42.5 Å². The maximum Gasteiger partial charge on any atom is 0.279 e. The molecule has 0 fully saturated rings. The van der Waals surface area contributed by atoms with Crippen LogP contribution in [0.3, 0.4) is 0 Å². The van der Waals surface area contributed by atoms with Gasteiger partial charge in [-0.15, -0.1) is 6.42 Å². The zero-order chi connectivity index (χ0) is 18.7. The first-order valence-corrected chi connectivity index (χ1v) is 7.93. The summed E-state index contributed by atoms with van der Waals surface area (Å²) in [7, 11) is 1.52. The van der Waals surface area contributed by atoms with Gasteiger partial charge in [-0.2, -0.15) is 5.10 Å². The monoisotopic (exact) mass is 347 g/mol. The molecule has 0 aliphatic heterocycles. The summed E-state index contributed by atoms with van der Waals surface area (Å²) in [6.45, 7) is 1.56. The van der Waals surface area contributed by atoms with Gasteiger partial charge < -0.3 is 9.94 Å². The molecule has 0 radical (unpaired) electrons. The van der Waals surface area contributed by atoms with Crippen molar-refractivity contribution >= 4 is 16.5 Å². The molecule has 2 aromatic carbocycles. The van der Waals surface area contributed by atoms with Crippen molar-refractivity contribution in [1.82, 2.24) is 9.78 Å². The highest BCUT2D eigenvalue weighted by Gasteiger charge is 2.22. The highest BCUT2D eigenvalue weighted by Crippen LogP contribution is 2.25. The molecule has 0 unspecified atom stereocenters. The summed E-state index contributed by atoms with van der Waals surface area (Å²) in [6.07, 6.45) is 5.22. The van der Waals surface area contributed by atoms with E-state index in [-0.39, 0.29) is 23.6 Å². The molecule has 1 aromatic heterocycles. The molecule has 0 bridgehead atoms. The van der Waals surface area contributed by atoms with Crippen LogP contribution in [0.25, 0.3) is 10.8 Å². The van der Waals surface area contributed by atoms with Crippen LogP contribution in [0.5, 0.6) is 5.75 Å². The normalized spacial score (nSPS) is 11.3. The van der Waals surface area contributed by atoms with E-state index in [1.54, 1.807) is 6.92 Å². The van der Waals surface area contributed by atoms with Crippen LogP contribution < -0.4 is 5.56 Å². The van der Waals surface area contributed by atoms with Crippen molar-refractivity contribution in [1.29, 1.82) is 0 Å². The third-order valence-electron chi connectivity index (χ3n) is 3.97. The predicted molar refractivity (Wildman–Crippen MR) is 100 cm³/mol. The fraction of sp³-hybridized carbons (Fsp3) is 0.150. The van der Waals surface area contributed by atoms with Gasteiger partial charge in [0.2, 0.25) is 0 Å². The zero-order valence-electron chi connectivity index (χ0n) is 14.4. The minimum atomic E-state index is -0.482. The molecule has 6 heteroatoms. The van der Waals surface area contributed by atoms with Crippen molar-refractivity contribution in [3.63, 3.8) is 0 Å². The summed E-state index contributed by atoms with van der Waals surface area (Å²) in [4.78, 5) is 17.9. The maximum absolute atomic E-state index is 12.7. The van der Waals surface area contributed by atoms with Crippen LogP contribution >= 0.6 is 0 Å². The molecule has 1 N–H and O–H groups in total. The van der Waals surface area contributed by atoms with Gasteiger partial charge in [0, 0.05) is 12.6 Å². The molecule has 3 rings (SSSR count). The van der Waals surface area contributed by atoms with Crippen molar-refractivity contribution in [2.24, 2.45) is 12.2 Å². The summed E-state index contributed by atoms with van der Waals surface area (Å²) in [5, 5.41) is 20.4. The van der Waals surface area contributed by atoms with Crippen molar-refractivity contribution < 1.29 is 9.94 Å². The Bertz CT molecular complexity index is 1100. The van der Waals surface area contributed by atoms with Crippen LogP contribution in [0.1, 0.15) is 16.8 Å². The standard InChI is InChI=1S/C20H17N3O3/c1-4-12-26-22-18(17-19(24)13(2)21-23(3)20(17)25)16-11-7-9-14-8-5-6-10-15(14)16/h1,5-11,24H,12H2,2-3H3/b22-18-. The topological polar surface area (TPSA) is 76.7 Å². The van der Waals surface area contributed by atoms with E-state index in [9.17, 15) is 9.90 Å². The van der Waals surface area contributed by atoms with Crippen molar-refractivity contribution in [2.45, 2.75) is 6.92 Å². The third kappa shape index (κ3) is 3.03. The quantitative estimate of drug-likeness (QED) is 0.340. The first-order valence-electron chi connectivity index (χ1n) is 7.93. The Kier molecular flexibility index (Phi) is 4.72. The number of aromatic nitrogens is 2. The molecule has 0 atom stereocenters. The second kappa shape index (κ2) is 7.11. The number of terminal acetylenes is 1. The fourth-order valence-electron chi connectivity index (χ4n) is 2.77. The minimum Gasteiger partial charge on any atom is -0.505 e. The molecule has 3 aromatic rings. The smallest absolute Gasteiger partial charge is 0.279 e. The van der Waals surface area contributed by atoms with Gasteiger partial charge in [0.05, 0.1) is 0 Å². The number of hydrogen-bond donors (Lipinski definition) is 1. The number of fused-ring (bicyclic) bond motifs is 1. The lowest BCUT2D eigenvalue weighted by molar-refractivity contribution is 0.180. The second-order valence-corrected chi connectivity index (χ2v) is 5.68. The number of benzene rings is 2. The van der Waals surface area contributed by atoms with Crippen LogP contribution in [0, 0.1) is 19.3 Å². The second-order valence-electron chi connectivity index (χ2n) is 5.68. The van der Waals surface area contributed by atoms with Gasteiger partial charge in [-0.1, -0.05) is 53.5 Å². The minimum absolute atomic E-state index is 0.0216. The van der Waals surface area contributed by atoms with Crippen LogP contribution in [0.4, 0.5) is 0 Å². The van der Waals surface area contributed by atoms with E-state index in [2.05, 4.69) is 16.2 Å². The van der Waals surface area contributed by atoms with Crippen LogP contribution in [0.2, 0.25) is 0 Å². The lowest BCUT2D eigenvalue weighted by atomic mass is 9.96. The number of aryl methyl sites for hydroxylation is 2. The number of hydrogen-bond acceptors (Lipinski definition) is 5. The Hall–Kier alpha value is -3.59. The van der Waals surface area contributed by atoms with E-state index in [0.29, 0.717) is 11.3 Å². The Labute approximate surface area is 150 Å². The number of nitrogens with zero attached hydrogens (tertiary/aromatic N) is 3. The average Bonchev–Trinajstić information content (AvgIpc) is 2.65. The van der Waals surface area contributed by atoms with Crippen LogP contribution in [-0.4, -0.2) is 27.2 Å². The van der Waals surface area contributed by atoms with E-state index >= 15 is 0 Å². The number of oxime groups is 1. The van der Waals surface area contributed by atoms with Crippen molar-refractivity contribution in [3.05, 3.63) is 69.6 Å². The van der Waals surface area contributed by atoms with E-state index in [4.69, 9.17) is 11.3 Å². The average molecular weight is 347 g/mol. The largest absolute Gasteiger partial charge is 0.505 e. The molecule has 1 heterocycles. The predicted octanol–water partition coefficient (Wildman–Crippen LogP) is 2.35. The summed E-state index contributed by atoms with van der Waals surface area (Å²) in [5.74, 6) is 2.10. The molecule has 0 spiro atoms. The molecular formula is C20H17N3O3. The van der Waals surface area contributed by atoms with E-state index in [1.165, 1.54) is 7.05 Å². The van der Waals surface area contributed by atoms with Crippen LogP contribution in [0.15, 0.2) is 52.4 Å². The Morgan fingerprint density at radius 3 is 2.81 bits per heavy atom. The molecule has 0 saturated carbocycles. The van der Waals surface area contributed by atoms with Gasteiger partial charge in [-0.05, 0) is 17.7 Å². The van der Waals surface area contributed by atoms with Crippen LogP contribution in [-0.2, 0) is 11.9 Å². The van der Waals surface area contributed by atoms with Gasteiger partial charge in [-0.25, -0.2) is 4.68 Å². The fourth-order valence-corrected chi connectivity index (χ4v) is 2.77. The Morgan fingerprint density at radius 1 is 1.31 bits per heavy atom. The first kappa shape index (κ1) is 17.2. The third-order valence-corrected chi connectivity index (χ3v) is 3.97. The lowest BCUT2D eigenvalue weighted by Gasteiger charge is -2.13. The highest BCUT2D eigenvalue weighted by atomic mass is 16.6. The van der Waals surface area contributed by atoms with E-state index in [0.717, 1.165) is 15.5 Å².